The molecule has 0 saturated carbocycles. The highest BCUT2D eigenvalue weighted by molar-refractivity contribution is 5.90. The number of rotatable bonds is 1. The summed E-state index contributed by atoms with van der Waals surface area (Å²) in [6, 6.07) is 1.92. The molecule has 0 spiro atoms. The van der Waals surface area contributed by atoms with E-state index in [1.165, 1.54) is 0 Å². The molecular weight excluding hydrogens is 209 g/mol. The lowest BCUT2D eigenvalue weighted by atomic mass is 10.0. The van der Waals surface area contributed by atoms with E-state index in [1.807, 2.05) is 19.9 Å². The van der Waals surface area contributed by atoms with Crippen LogP contribution in [0.15, 0.2) is 10.6 Å². The second-order valence-corrected chi connectivity index (χ2v) is 3.80. The van der Waals surface area contributed by atoms with Gasteiger partial charge in [0.1, 0.15) is 11.6 Å². The second kappa shape index (κ2) is 3.49. The molecule has 82 valence electrons. The van der Waals surface area contributed by atoms with Gasteiger partial charge in [-0.05, 0) is 5.92 Å². The van der Waals surface area contributed by atoms with Crippen molar-refractivity contribution >= 4 is 16.9 Å². The molecule has 0 unspecified atom stereocenters. The van der Waals surface area contributed by atoms with Gasteiger partial charge < -0.3 is 10.2 Å². The average molecular weight is 219 g/mol. The summed E-state index contributed by atoms with van der Waals surface area (Å²) in [6.45, 7) is 3.81. The molecule has 0 aliphatic rings. The Labute approximate surface area is 91.5 Å². The van der Waals surface area contributed by atoms with E-state index < -0.39 is 5.82 Å². The Morgan fingerprint density at radius 1 is 1.56 bits per heavy atom. The van der Waals surface area contributed by atoms with E-state index in [-0.39, 0.29) is 22.9 Å². The summed E-state index contributed by atoms with van der Waals surface area (Å²) in [5, 5.41) is 9.35. The quantitative estimate of drug-likeness (QED) is 0.799. The molecule has 16 heavy (non-hydrogen) atoms. The Bertz CT molecular complexity index is 595. The third-order valence-corrected chi connectivity index (χ3v) is 2.38. The zero-order chi connectivity index (χ0) is 11.9. The van der Waals surface area contributed by atoms with Gasteiger partial charge in [-0.3, -0.25) is 4.98 Å². The van der Waals surface area contributed by atoms with Crippen molar-refractivity contribution in [2.45, 2.75) is 19.8 Å². The SMILES string of the molecule is CC(C)c1ncc(F)c2oc(N)c(C#N)c12. The van der Waals surface area contributed by atoms with Gasteiger partial charge in [0.25, 0.3) is 0 Å². The Balaban J connectivity index is 2.96. The van der Waals surface area contributed by atoms with E-state index in [4.69, 9.17) is 15.4 Å². The number of hydrogen-bond acceptors (Lipinski definition) is 4. The number of fused-ring (bicyclic) bond motifs is 1. The zero-order valence-electron chi connectivity index (χ0n) is 8.91. The molecular formula is C11H10FN3O. The Kier molecular flexibility index (Phi) is 2.27. The molecule has 0 saturated heterocycles. The number of nitrogen functional groups attached to an aromatic ring is 1. The van der Waals surface area contributed by atoms with Gasteiger partial charge in [0, 0.05) is 0 Å². The van der Waals surface area contributed by atoms with Crippen LogP contribution in [0.2, 0.25) is 0 Å². The number of furan rings is 1. The normalized spacial score (nSPS) is 10.9. The molecule has 2 aromatic heterocycles. The van der Waals surface area contributed by atoms with E-state index in [1.54, 1.807) is 0 Å². The number of hydrogen-bond donors (Lipinski definition) is 1. The molecule has 0 aromatic carbocycles. The van der Waals surface area contributed by atoms with Crippen LogP contribution in [0.1, 0.15) is 31.0 Å². The molecule has 2 heterocycles. The maximum Gasteiger partial charge on any atom is 0.209 e. The summed E-state index contributed by atoms with van der Waals surface area (Å²) in [5.74, 6) is -0.605. The first kappa shape index (κ1) is 10.4. The minimum absolute atomic E-state index is 0.00718. The minimum atomic E-state index is -0.604. The molecule has 0 atom stereocenters. The smallest absolute Gasteiger partial charge is 0.209 e. The van der Waals surface area contributed by atoms with Crippen LogP contribution in [-0.4, -0.2) is 4.98 Å². The van der Waals surface area contributed by atoms with Crippen LogP contribution in [0.3, 0.4) is 0 Å². The van der Waals surface area contributed by atoms with Crippen molar-refractivity contribution in [3.05, 3.63) is 23.3 Å². The van der Waals surface area contributed by atoms with Crippen LogP contribution in [-0.2, 0) is 0 Å². The Hall–Kier alpha value is -2.09. The summed E-state index contributed by atoms with van der Waals surface area (Å²) in [6.07, 6.45) is 1.09. The average Bonchev–Trinajstić information content (AvgIpc) is 2.55. The maximum absolute atomic E-state index is 13.4. The Morgan fingerprint density at radius 2 is 2.25 bits per heavy atom. The van der Waals surface area contributed by atoms with Crippen molar-refractivity contribution in [2.75, 3.05) is 5.73 Å². The van der Waals surface area contributed by atoms with Crippen LogP contribution in [0, 0.1) is 17.1 Å². The minimum Gasteiger partial charge on any atom is -0.436 e. The van der Waals surface area contributed by atoms with Crippen molar-refractivity contribution in [1.82, 2.24) is 4.98 Å². The van der Waals surface area contributed by atoms with E-state index in [9.17, 15) is 4.39 Å². The van der Waals surface area contributed by atoms with E-state index >= 15 is 0 Å². The van der Waals surface area contributed by atoms with E-state index in [2.05, 4.69) is 4.98 Å². The molecule has 0 aliphatic carbocycles. The highest BCUT2D eigenvalue weighted by Crippen LogP contribution is 2.33. The van der Waals surface area contributed by atoms with Crippen molar-refractivity contribution in [3.63, 3.8) is 0 Å². The highest BCUT2D eigenvalue weighted by atomic mass is 19.1. The largest absolute Gasteiger partial charge is 0.436 e. The van der Waals surface area contributed by atoms with Gasteiger partial charge in [0.05, 0.1) is 17.3 Å². The fourth-order valence-electron chi connectivity index (χ4n) is 1.66. The van der Waals surface area contributed by atoms with Crippen LogP contribution in [0.25, 0.3) is 11.0 Å². The molecule has 0 aliphatic heterocycles. The van der Waals surface area contributed by atoms with Gasteiger partial charge in [0.2, 0.25) is 5.88 Å². The summed E-state index contributed by atoms with van der Waals surface area (Å²) >= 11 is 0. The lowest BCUT2D eigenvalue weighted by molar-refractivity contribution is 0.566. The number of halogens is 1. The molecule has 2 aromatic rings. The van der Waals surface area contributed by atoms with Crippen molar-refractivity contribution in [1.29, 1.82) is 5.26 Å². The number of nitrogens with zero attached hydrogens (tertiary/aromatic N) is 2. The molecule has 0 bridgehead atoms. The summed E-state index contributed by atoms with van der Waals surface area (Å²) in [4.78, 5) is 3.99. The van der Waals surface area contributed by atoms with Crippen molar-refractivity contribution in [2.24, 2.45) is 0 Å². The van der Waals surface area contributed by atoms with Gasteiger partial charge in [0.15, 0.2) is 11.4 Å². The standard InChI is InChI=1S/C11H10FN3O/c1-5(2)9-8-6(3-13)11(14)16-10(8)7(12)4-15-9/h4-5H,14H2,1-2H3. The first-order valence-corrected chi connectivity index (χ1v) is 4.82. The fraction of sp³-hybridized carbons (Fsp3) is 0.273. The van der Waals surface area contributed by atoms with E-state index in [0.717, 1.165) is 6.20 Å². The molecule has 4 nitrogen and oxygen atoms in total. The number of nitriles is 1. The molecule has 2 N–H and O–H groups in total. The number of pyridine rings is 1. The molecule has 0 amide bonds. The molecule has 0 fully saturated rings. The van der Waals surface area contributed by atoms with Crippen molar-refractivity contribution < 1.29 is 8.81 Å². The molecule has 2 rings (SSSR count). The number of aromatic nitrogens is 1. The van der Waals surface area contributed by atoms with Crippen LogP contribution in [0.5, 0.6) is 0 Å². The predicted octanol–water partition coefficient (Wildman–Crippen LogP) is 2.54. The lowest BCUT2D eigenvalue weighted by Gasteiger charge is -2.05. The third kappa shape index (κ3) is 1.31. The van der Waals surface area contributed by atoms with Crippen LogP contribution >= 0.6 is 0 Å². The van der Waals surface area contributed by atoms with Gasteiger partial charge in [-0.25, -0.2) is 4.39 Å². The van der Waals surface area contributed by atoms with Gasteiger partial charge in [-0.15, -0.1) is 0 Å². The first-order chi connectivity index (χ1) is 7.56. The second-order valence-electron chi connectivity index (χ2n) is 3.80. The summed E-state index contributed by atoms with van der Waals surface area (Å²) in [5.41, 5.74) is 6.30. The zero-order valence-corrected chi connectivity index (χ0v) is 8.91. The third-order valence-electron chi connectivity index (χ3n) is 2.38. The molecule has 0 radical (unpaired) electrons. The van der Waals surface area contributed by atoms with E-state index in [0.29, 0.717) is 11.1 Å². The monoisotopic (exact) mass is 219 g/mol. The fourth-order valence-corrected chi connectivity index (χ4v) is 1.66. The van der Waals surface area contributed by atoms with Crippen LogP contribution < -0.4 is 5.73 Å². The summed E-state index contributed by atoms with van der Waals surface area (Å²) < 4.78 is 18.5. The summed E-state index contributed by atoms with van der Waals surface area (Å²) in [7, 11) is 0. The lowest BCUT2D eigenvalue weighted by Crippen LogP contribution is -1.96. The van der Waals surface area contributed by atoms with Crippen molar-refractivity contribution in [3.8, 4) is 6.07 Å². The number of nitrogens with two attached hydrogens (primary N) is 1. The first-order valence-electron chi connectivity index (χ1n) is 4.82. The predicted molar refractivity (Wildman–Crippen MR) is 57.2 cm³/mol. The van der Waals surface area contributed by atoms with Crippen LogP contribution in [0.4, 0.5) is 10.3 Å². The Morgan fingerprint density at radius 3 is 2.81 bits per heavy atom. The van der Waals surface area contributed by atoms with Gasteiger partial charge in [-0.1, -0.05) is 13.8 Å². The van der Waals surface area contributed by atoms with Gasteiger partial charge in [-0.2, -0.15) is 5.26 Å². The molecule has 5 heteroatoms. The maximum atomic E-state index is 13.4. The van der Waals surface area contributed by atoms with Gasteiger partial charge >= 0.3 is 0 Å². The topological polar surface area (TPSA) is 75.8 Å². The number of anilines is 1. The highest BCUT2D eigenvalue weighted by Gasteiger charge is 2.20.